The zero-order chi connectivity index (χ0) is 8.10. The molecule has 0 aromatic carbocycles. The Bertz CT molecular complexity index is 265. The van der Waals surface area contributed by atoms with Gasteiger partial charge in [0.05, 0.1) is 4.88 Å². The van der Waals surface area contributed by atoms with Crippen molar-refractivity contribution in [2.75, 3.05) is 5.33 Å². The maximum atomic E-state index is 10.3. The van der Waals surface area contributed by atoms with Gasteiger partial charge in [0.25, 0.3) is 0 Å². The number of allylic oxidation sites excluding steroid dienone is 1. The van der Waals surface area contributed by atoms with Gasteiger partial charge in [-0.15, -0.1) is 11.3 Å². The summed E-state index contributed by atoms with van der Waals surface area (Å²) in [6.45, 7) is 0. The molecule has 0 aliphatic heterocycles. The van der Waals surface area contributed by atoms with E-state index in [1.165, 1.54) is 11.3 Å². The second-order valence-corrected chi connectivity index (χ2v) is 3.71. The third kappa shape index (κ3) is 2.60. The average Bonchev–Trinajstić information content (AvgIpc) is 2.48. The largest absolute Gasteiger partial charge is 0.297 e. The molecule has 58 valence electrons. The predicted octanol–water partition coefficient (Wildman–Crippen LogP) is 2.97. The second-order valence-electron chi connectivity index (χ2n) is 1.91. The maximum Gasteiger partial charge on any atom is 0.160 e. The number of carbonyl (C=O) groups excluding carboxylic acids is 1. The van der Waals surface area contributed by atoms with Crippen LogP contribution in [-0.4, -0.2) is 11.6 Å². The number of carbonyl (C=O) groups is 1. The highest BCUT2D eigenvalue weighted by Gasteiger charge is 1.93. The Labute approximate surface area is 77.9 Å². The zero-order valence-corrected chi connectivity index (χ0v) is 8.19. The highest BCUT2D eigenvalue weighted by Crippen LogP contribution is 2.15. The van der Waals surface area contributed by atoms with Crippen LogP contribution in [0.2, 0.25) is 0 Å². The second kappa shape index (κ2) is 4.46. The highest BCUT2D eigenvalue weighted by atomic mass is 79.9. The van der Waals surface area contributed by atoms with Crippen molar-refractivity contribution in [2.24, 2.45) is 0 Å². The Balaban J connectivity index is 2.72. The number of aldehydes is 1. The summed E-state index contributed by atoms with van der Waals surface area (Å²) in [6, 6.07) is 3.76. The third-order valence-electron chi connectivity index (χ3n) is 1.13. The average molecular weight is 231 g/mol. The van der Waals surface area contributed by atoms with Gasteiger partial charge in [-0.05, 0) is 18.2 Å². The Morgan fingerprint density at radius 2 is 2.18 bits per heavy atom. The fourth-order valence-electron chi connectivity index (χ4n) is 0.682. The lowest BCUT2D eigenvalue weighted by Gasteiger charge is -1.79. The van der Waals surface area contributed by atoms with E-state index in [0.29, 0.717) is 0 Å². The number of thiophene rings is 1. The molecular formula is C8H7BrOS. The molecule has 0 amide bonds. The Morgan fingerprint density at radius 3 is 2.73 bits per heavy atom. The lowest BCUT2D eigenvalue weighted by molar-refractivity contribution is 0.112. The zero-order valence-electron chi connectivity index (χ0n) is 5.79. The van der Waals surface area contributed by atoms with E-state index in [2.05, 4.69) is 15.9 Å². The van der Waals surface area contributed by atoms with Crippen molar-refractivity contribution in [2.45, 2.75) is 0 Å². The van der Waals surface area contributed by atoms with Crippen LogP contribution in [0.4, 0.5) is 0 Å². The molecule has 1 heterocycles. The van der Waals surface area contributed by atoms with Crippen molar-refractivity contribution in [3.63, 3.8) is 0 Å². The molecule has 0 spiro atoms. The molecule has 0 saturated heterocycles. The van der Waals surface area contributed by atoms with Crippen LogP contribution in [0.1, 0.15) is 14.5 Å². The number of halogens is 1. The minimum atomic E-state index is 0.777. The van der Waals surface area contributed by atoms with E-state index in [0.717, 1.165) is 21.4 Å². The smallest absolute Gasteiger partial charge is 0.160 e. The molecule has 1 rings (SSSR count). The summed E-state index contributed by atoms with van der Waals surface area (Å²) < 4.78 is 0. The first-order valence-corrected chi connectivity index (χ1v) is 5.08. The molecule has 0 unspecified atom stereocenters. The van der Waals surface area contributed by atoms with Crippen molar-refractivity contribution in [3.8, 4) is 0 Å². The van der Waals surface area contributed by atoms with E-state index < -0.39 is 0 Å². The van der Waals surface area contributed by atoms with Crippen LogP contribution in [-0.2, 0) is 0 Å². The fourth-order valence-corrected chi connectivity index (χ4v) is 1.63. The van der Waals surface area contributed by atoms with Crippen molar-refractivity contribution in [1.29, 1.82) is 0 Å². The van der Waals surface area contributed by atoms with Crippen LogP contribution in [0, 0.1) is 0 Å². The summed E-state index contributed by atoms with van der Waals surface area (Å²) in [4.78, 5) is 12.2. The topological polar surface area (TPSA) is 17.1 Å². The lowest BCUT2D eigenvalue weighted by Crippen LogP contribution is -1.62. The summed E-state index contributed by atoms with van der Waals surface area (Å²) in [5, 5.41) is 0.849. The molecular weight excluding hydrogens is 224 g/mol. The van der Waals surface area contributed by atoms with E-state index in [9.17, 15) is 4.79 Å². The van der Waals surface area contributed by atoms with Gasteiger partial charge in [0.15, 0.2) is 6.29 Å². The van der Waals surface area contributed by atoms with Gasteiger partial charge in [-0.25, -0.2) is 0 Å². The van der Waals surface area contributed by atoms with Crippen LogP contribution in [0.15, 0.2) is 18.2 Å². The van der Waals surface area contributed by atoms with Gasteiger partial charge in [-0.1, -0.05) is 22.0 Å². The Kier molecular flexibility index (Phi) is 3.52. The van der Waals surface area contributed by atoms with Crippen LogP contribution in [0.3, 0.4) is 0 Å². The first-order valence-electron chi connectivity index (χ1n) is 3.14. The van der Waals surface area contributed by atoms with E-state index in [1.54, 1.807) is 0 Å². The van der Waals surface area contributed by atoms with Gasteiger partial charge in [0.1, 0.15) is 0 Å². The molecule has 3 heteroatoms. The minimum Gasteiger partial charge on any atom is -0.297 e. The monoisotopic (exact) mass is 230 g/mol. The van der Waals surface area contributed by atoms with Crippen molar-refractivity contribution in [3.05, 3.63) is 28.0 Å². The molecule has 0 radical (unpaired) electrons. The molecule has 0 N–H and O–H groups in total. The van der Waals surface area contributed by atoms with E-state index in [4.69, 9.17) is 0 Å². The molecule has 0 aliphatic carbocycles. The lowest BCUT2D eigenvalue weighted by atomic mass is 10.4. The number of hydrogen-bond donors (Lipinski definition) is 0. The molecule has 11 heavy (non-hydrogen) atoms. The van der Waals surface area contributed by atoms with Crippen molar-refractivity contribution in [1.82, 2.24) is 0 Å². The summed E-state index contributed by atoms with van der Waals surface area (Å²) in [5.41, 5.74) is 0. The minimum absolute atomic E-state index is 0.777. The Hall–Kier alpha value is -0.410. The summed E-state index contributed by atoms with van der Waals surface area (Å²) in [6.07, 6.45) is 4.86. The molecule has 1 aromatic heterocycles. The van der Waals surface area contributed by atoms with E-state index >= 15 is 0 Å². The normalized spacial score (nSPS) is 10.6. The molecule has 0 aliphatic rings. The van der Waals surface area contributed by atoms with Gasteiger partial charge >= 0.3 is 0 Å². The third-order valence-corrected chi connectivity index (χ3v) is 2.48. The molecule has 0 bridgehead atoms. The van der Waals surface area contributed by atoms with Gasteiger partial charge < -0.3 is 0 Å². The van der Waals surface area contributed by atoms with Gasteiger partial charge in [-0.3, -0.25) is 4.79 Å². The van der Waals surface area contributed by atoms with Gasteiger partial charge in [0.2, 0.25) is 0 Å². The number of rotatable bonds is 3. The van der Waals surface area contributed by atoms with Gasteiger partial charge in [-0.2, -0.15) is 0 Å². The summed E-state index contributed by atoms with van der Waals surface area (Å²) in [7, 11) is 0. The molecule has 1 nitrogen and oxygen atoms in total. The first-order chi connectivity index (χ1) is 5.36. The van der Waals surface area contributed by atoms with Crippen LogP contribution < -0.4 is 0 Å². The SMILES string of the molecule is O=Cc1ccc(C=CCBr)s1. The van der Waals surface area contributed by atoms with Crippen LogP contribution >= 0.6 is 27.3 Å². The molecule has 1 aromatic rings. The number of hydrogen-bond acceptors (Lipinski definition) is 2. The predicted molar refractivity (Wildman–Crippen MR) is 52.5 cm³/mol. The van der Waals surface area contributed by atoms with Crippen molar-refractivity contribution < 1.29 is 4.79 Å². The van der Waals surface area contributed by atoms with E-state index in [1.807, 2.05) is 24.3 Å². The fraction of sp³-hybridized carbons (Fsp3) is 0.125. The van der Waals surface area contributed by atoms with Crippen molar-refractivity contribution >= 4 is 39.6 Å². The first kappa shape index (κ1) is 8.68. The number of alkyl halides is 1. The summed E-state index contributed by atoms with van der Waals surface area (Å²) >= 11 is 4.78. The van der Waals surface area contributed by atoms with Gasteiger partial charge in [0, 0.05) is 10.2 Å². The Morgan fingerprint density at radius 1 is 1.45 bits per heavy atom. The molecule has 0 atom stereocenters. The highest BCUT2D eigenvalue weighted by molar-refractivity contribution is 9.09. The quantitative estimate of drug-likeness (QED) is 0.577. The molecule has 0 fully saturated rings. The standard InChI is InChI=1S/C8H7BrOS/c9-5-1-2-7-3-4-8(6-10)11-7/h1-4,6H,5H2. The van der Waals surface area contributed by atoms with E-state index in [-0.39, 0.29) is 0 Å². The van der Waals surface area contributed by atoms with Crippen LogP contribution in [0.5, 0.6) is 0 Å². The van der Waals surface area contributed by atoms with Crippen LogP contribution in [0.25, 0.3) is 6.08 Å². The summed E-state index contributed by atoms with van der Waals surface area (Å²) in [5.74, 6) is 0. The molecule has 0 saturated carbocycles. The maximum absolute atomic E-state index is 10.3.